The zero-order chi connectivity index (χ0) is 12.3. The minimum Gasteiger partial charge on any atom is -0.481 e. The van der Waals surface area contributed by atoms with Crippen molar-refractivity contribution in [2.24, 2.45) is 5.41 Å². The number of aliphatic carboxylic acids is 1. The minimum atomic E-state index is -0.849. The molecule has 0 atom stereocenters. The number of thioether (sulfide) groups is 1. The summed E-state index contributed by atoms with van der Waals surface area (Å²) in [6, 6.07) is 0. The molecule has 0 aliphatic heterocycles. The van der Waals surface area contributed by atoms with Crippen LogP contribution in [0, 0.1) is 5.41 Å². The van der Waals surface area contributed by atoms with Gasteiger partial charge in [-0.05, 0) is 35.1 Å². The molecule has 0 bridgehead atoms. The van der Waals surface area contributed by atoms with Crippen molar-refractivity contribution in [2.45, 2.75) is 44.3 Å². The third-order valence-electron chi connectivity index (χ3n) is 3.47. The molecule has 0 spiro atoms. The fraction of sp³-hybridized carbons (Fsp3) is 0.800. The van der Waals surface area contributed by atoms with Gasteiger partial charge in [-0.15, -0.1) is 5.10 Å². The number of carbonyl (C=O) groups is 1. The predicted molar refractivity (Wildman–Crippen MR) is 62.8 cm³/mol. The summed E-state index contributed by atoms with van der Waals surface area (Å²) in [6.07, 6.45) is 4.82. The first-order valence-corrected chi connectivity index (χ1v) is 6.74. The van der Waals surface area contributed by atoms with Crippen LogP contribution in [0.5, 0.6) is 0 Å². The SMILES string of the molecule is CCC1(Cn2nnnc2SCC(=O)O)CCC1. The van der Waals surface area contributed by atoms with E-state index in [1.807, 2.05) is 0 Å². The maximum absolute atomic E-state index is 10.5. The van der Waals surface area contributed by atoms with E-state index >= 15 is 0 Å². The van der Waals surface area contributed by atoms with E-state index in [4.69, 9.17) is 5.11 Å². The highest BCUT2D eigenvalue weighted by Crippen LogP contribution is 2.45. The van der Waals surface area contributed by atoms with E-state index in [0.29, 0.717) is 10.6 Å². The molecule has 94 valence electrons. The van der Waals surface area contributed by atoms with Gasteiger partial charge in [0, 0.05) is 0 Å². The Bertz CT molecular complexity index is 397. The van der Waals surface area contributed by atoms with E-state index in [1.54, 1.807) is 4.68 Å². The molecule has 0 saturated heterocycles. The first kappa shape index (κ1) is 12.3. The number of tetrazole rings is 1. The lowest BCUT2D eigenvalue weighted by molar-refractivity contribution is -0.133. The Labute approximate surface area is 104 Å². The predicted octanol–water partition coefficient (Wildman–Crippen LogP) is 1.43. The lowest BCUT2D eigenvalue weighted by Crippen LogP contribution is -2.34. The van der Waals surface area contributed by atoms with Crippen molar-refractivity contribution in [3.05, 3.63) is 0 Å². The van der Waals surface area contributed by atoms with Crippen LogP contribution in [0.4, 0.5) is 0 Å². The molecule has 1 aliphatic carbocycles. The van der Waals surface area contributed by atoms with Gasteiger partial charge < -0.3 is 5.11 Å². The highest BCUT2D eigenvalue weighted by molar-refractivity contribution is 7.99. The van der Waals surface area contributed by atoms with E-state index in [1.165, 1.54) is 31.0 Å². The van der Waals surface area contributed by atoms with Gasteiger partial charge in [0.1, 0.15) is 0 Å². The molecule has 17 heavy (non-hydrogen) atoms. The second-order valence-electron chi connectivity index (χ2n) is 4.51. The van der Waals surface area contributed by atoms with Crippen molar-refractivity contribution < 1.29 is 9.90 Å². The van der Waals surface area contributed by atoms with Gasteiger partial charge in [0.15, 0.2) is 0 Å². The van der Waals surface area contributed by atoms with Crippen LogP contribution < -0.4 is 0 Å². The third kappa shape index (κ3) is 2.77. The Balaban J connectivity index is 2.00. The fourth-order valence-electron chi connectivity index (χ4n) is 2.14. The summed E-state index contributed by atoms with van der Waals surface area (Å²) in [6.45, 7) is 2.99. The number of carboxylic acids is 1. The smallest absolute Gasteiger partial charge is 0.313 e. The van der Waals surface area contributed by atoms with Gasteiger partial charge >= 0.3 is 5.97 Å². The van der Waals surface area contributed by atoms with Crippen LogP contribution in [0.1, 0.15) is 32.6 Å². The van der Waals surface area contributed by atoms with Gasteiger partial charge in [0.25, 0.3) is 0 Å². The molecule has 6 nitrogen and oxygen atoms in total. The number of nitrogens with zero attached hydrogens (tertiary/aromatic N) is 4. The average molecular weight is 256 g/mol. The quantitative estimate of drug-likeness (QED) is 0.775. The van der Waals surface area contributed by atoms with Gasteiger partial charge in [-0.1, -0.05) is 25.1 Å². The van der Waals surface area contributed by atoms with Crippen molar-refractivity contribution in [2.75, 3.05) is 5.75 Å². The molecule has 7 heteroatoms. The third-order valence-corrected chi connectivity index (χ3v) is 4.42. The average Bonchev–Trinajstić information content (AvgIpc) is 2.67. The van der Waals surface area contributed by atoms with Crippen molar-refractivity contribution in [1.29, 1.82) is 0 Å². The Kier molecular flexibility index (Phi) is 3.66. The summed E-state index contributed by atoms with van der Waals surface area (Å²) < 4.78 is 1.75. The summed E-state index contributed by atoms with van der Waals surface area (Å²) in [7, 11) is 0. The van der Waals surface area contributed by atoms with Crippen LogP contribution >= 0.6 is 11.8 Å². The Morgan fingerprint density at radius 2 is 2.35 bits per heavy atom. The second kappa shape index (κ2) is 5.03. The summed E-state index contributed by atoms with van der Waals surface area (Å²) >= 11 is 1.17. The van der Waals surface area contributed by atoms with E-state index in [-0.39, 0.29) is 5.75 Å². The zero-order valence-electron chi connectivity index (χ0n) is 9.80. The monoisotopic (exact) mass is 256 g/mol. The van der Waals surface area contributed by atoms with Crippen LogP contribution in [0.2, 0.25) is 0 Å². The van der Waals surface area contributed by atoms with Crippen LogP contribution in [-0.2, 0) is 11.3 Å². The highest BCUT2D eigenvalue weighted by Gasteiger charge is 2.36. The minimum absolute atomic E-state index is 0.000498. The Morgan fingerprint density at radius 3 is 2.88 bits per heavy atom. The first-order valence-electron chi connectivity index (χ1n) is 5.76. The van der Waals surface area contributed by atoms with Crippen molar-refractivity contribution in [3.63, 3.8) is 0 Å². The standard InChI is InChI=1S/C10H16N4O2S/c1-2-10(4-3-5-10)7-14-9(11-12-13-14)17-6-8(15)16/h2-7H2,1H3,(H,15,16). The van der Waals surface area contributed by atoms with E-state index in [2.05, 4.69) is 22.4 Å². The molecule has 1 saturated carbocycles. The molecule has 0 unspecified atom stereocenters. The normalized spacial score (nSPS) is 17.7. The molecule has 1 heterocycles. The molecule has 0 aromatic carbocycles. The summed E-state index contributed by atoms with van der Waals surface area (Å²) in [5.74, 6) is -0.849. The highest BCUT2D eigenvalue weighted by atomic mass is 32.2. The van der Waals surface area contributed by atoms with Crippen molar-refractivity contribution >= 4 is 17.7 Å². The van der Waals surface area contributed by atoms with Crippen LogP contribution in [0.3, 0.4) is 0 Å². The summed E-state index contributed by atoms with van der Waals surface area (Å²) in [5.41, 5.74) is 0.327. The summed E-state index contributed by atoms with van der Waals surface area (Å²) in [4.78, 5) is 10.5. The molecule has 1 aromatic rings. The molecule has 2 rings (SSSR count). The maximum atomic E-state index is 10.5. The molecule has 1 aromatic heterocycles. The summed E-state index contributed by atoms with van der Waals surface area (Å²) in [5, 5.41) is 20.7. The molecule has 1 aliphatic rings. The molecule has 0 radical (unpaired) electrons. The topological polar surface area (TPSA) is 80.9 Å². The molecular weight excluding hydrogens is 240 g/mol. The lowest BCUT2D eigenvalue weighted by Gasteiger charge is -2.41. The van der Waals surface area contributed by atoms with Gasteiger partial charge in [-0.3, -0.25) is 4.79 Å². The van der Waals surface area contributed by atoms with Gasteiger partial charge in [0.05, 0.1) is 12.3 Å². The number of carboxylic acid groups (broad SMARTS) is 1. The Hall–Kier alpha value is -1.11. The maximum Gasteiger partial charge on any atom is 0.313 e. The van der Waals surface area contributed by atoms with Crippen LogP contribution in [-0.4, -0.2) is 37.0 Å². The molecule has 1 fully saturated rings. The Morgan fingerprint density at radius 1 is 1.59 bits per heavy atom. The van der Waals surface area contributed by atoms with Crippen LogP contribution in [0.15, 0.2) is 5.16 Å². The van der Waals surface area contributed by atoms with E-state index in [0.717, 1.165) is 13.0 Å². The van der Waals surface area contributed by atoms with E-state index < -0.39 is 5.97 Å². The van der Waals surface area contributed by atoms with Gasteiger partial charge in [-0.2, -0.15) is 0 Å². The zero-order valence-corrected chi connectivity index (χ0v) is 10.6. The number of hydrogen-bond acceptors (Lipinski definition) is 5. The van der Waals surface area contributed by atoms with Gasteiger partial charge in [0.2, 0.25) is 5.16 Å². The van der Waals surface area contributed by atoms with Gasteiger partial charge in [-0.25, -0.2) is 4.68 Å². The number of aromatic nitrogens is 4. The largest absolute Gasteiger partial charge is 0.481 e. The fourth-order valence-corrected chi connectivity index (χ4v) is 2.74. The lowest BCUT2D eigenvalue weighted by atomic mass is 9.67. The van der Waals surface area contributed by atoms with E-state index in [9.17, 15) is 4.79 Å². The number of rotatable bonds is 6. The van der Waals surface area contributed by atoms with Crippen molar-refractivity contribution in [3.8, 4) is 0 Å². The van der Waals surface area contributed by atoms with Crippen molar-refractivity contribution in [1.82, 2.24) is 20.2 Å². The molecular formula is C10H16N4O2S. The first-order chi connectivity index (χ1) is 8.15. The second-order valence-corrected chi connectivity index (χ2v) is 5.45. The molecule has 0 amide bonds. The molecule has 1 N–H and O–H groups in total. The van der Waals surface area contributed by atoms with Crippen LogP contribution in [0.25, 0.3) is 0 Å². The number of hydrogen-bond donors (Lipinski definition) is 1.